The maximum atomic E-state index is 2.49. The van der Waals surface area contributed by atoms with Crippen molar-refractivity contribution in [1.82, 2.24) is 4.40 Å². The zero-order chi connectivity index (χ0) is 39.8. The van der Waals surface area contributed by atoms with Gasteiger partial charge in [0.15, 0.2) is 0 Å². The van der Waals surface area contributed by atoms with Gasteiger partial charge in [0, 0.05) is 33.4 Å². The van der Waals surface area contributed by atoms with Crippen molar-refractivity contribution >= 4 is 44.3 Å². The summed E-state index contributed by atoms with van der Waals surface area (Å²) in [5, 5.41) is 3.68. The van der Waals surface area contributed by atoms with Gasteiger partial charge in [-0.05, 0) is 98.4 Å². The van der Waals surface area contributed by atoms with E-state index < -0.39 is 0 Å². The van der Waals surface area contributed by atoms with Gasteiger partial charge in [-0.1, -0.05) is 194 Å². The summed E-state index contributed by atoms with van der Waals surface area (Å²) in [6.45, 7) is 0. The van der Waals surface area contributed by atoms with Gasteiger partial charge in [0.05, 0.1) is 16.7 Å². The van der Waals surface area contributed by atoms with Crippen LogP contribution in [0.1, 0.15) is 0 Å². The van der Waals surface area contributed by atoms with E-state index in [4.69, 9.17) is 0 Å². The lowest BCUT2D eigenvalue weighted by Crippen LogP contribution is -2.09. The van der Waals surface area contributed by atoms with E-state index in [0.717, 1.165) is 28.3 Å². The Hall–Kier alpha value is -7.94. The van der Waals surface area contributed by atoms with Crippen LogP contribution in [-0.4, -0.2) is 4.40 Å². The number of hydrogen-bond acceptors (Lipinski definition) is 1. The molecule has 0 saturated carbocycles. The third-order valence-electron chi connectivity index (χ3n) is 11.8. The Balaban J connectivity index is 1.08. The van der Waals surface area contributed by atoms with Gasteiger partial charge in [-0.25, -0.2) is 0 Å². The highest BCUT2D eigenvalue weighted by Crippen LogP contribution is 2.45. The van der Waals surface area contributed by atoms with Gasteiger partial charge in [-0.2, -0.15) is 0 Å². The number of aromatic nitrogens is 1. The van der Waals surface area contributed by atoms with Crippen molar-refractivity contribution in [2.75, 3.05) is 4.90 Å². The second-order valence-corrected chi connectivity index (χ2v) is 15.3. The molecule has 11 aromatic rings. The molecule has 0 N–H and O–H groups in total. The molecule has 2 aromatic heterocycles. The predicted octanol–water partition coefficient (Wildman–Crippen LogP) is 16.1. The molecule has 60 heavy (non-hydrogen) atoms. The molecule has 0 bridgehead atoms. The van der Waals surface area contributed by atoms with Crippen LogP contribution in [0.5, 0.6) is 0 Å². The summed E-state index contributed by atoms with van der Waals surface area (Å²) < 4.78 is 2.49. The molecule has 0 aliphatic heterocycles. The molecule has 9 aromatic carbocycles. The fourth-order valence-corrected chi connectivity index (χ4v) is 8.95. The molecule has 11 rings (SSSR count). The summed E-state index contributed by atoms with van der Waals surface area (Å²) in [6.07, 6.45) is 0. The fourth-order valence-electron chi connectivity index (χ4n) is 8.95. The Morgan fingerprint density at radius 3 is 1.28 bits per heavy atom. The van der Waals surface area contributed by atoms with Crippen LogP contribution >= 0.6 is 0 Å². The first-order valence-electron chi connectivity index (χ1n) is 20.6. The van der Waals surface area contributed by atoms with Gasteiger partial charge in [0.2, 0.25) is 0 Å². The number of fused-ring (bicyclic) bond motifs is 5. The lowest BCUT2D eigenvalue weighted by molar-refractivity contribution is 1.26. The second kappa shape index (κ2) is 15.1. The number of para-hydroxylation sites is 1. The highest BCUT2D eigenvalue weighted by atomic mass is 15.1. The zero-order valence-corrected chi connectivity index (χ0v) is 33.0. The van der Waals surface area contributed by atoms with Crippen molar-refractivity contribution in [3.63, 3.8) is 0 Å². The molecule has 0 unspecified atom stereocenters. The van der Waals surface area contributed by atoms with Crippen LogP contribution in [-0.2, 0) is 0 Å². The minimum Gasteiger partial charge on any atom is -0.311 e. The van der Waals surface area contributed by atoms with Gasteiger partial charge in [0.25, 0.3) is 0 Å². The molecule has 0 aliphatic carbocycles. The van der Waals surface area contributed by atoms with Crippen molar-refractivity contribution in [3.05, 3.63) is 243 Å². The Morgan fingerprint density at radius 2 is 0.717 bits per heavy atom. The first-order valence-corrected chi connectivity index (χ1v) is 20.6. The largest absolute Gasteiger partial charge is 0.311 e. The summed E-state index contributed by atoms with van der Waals surface area (Å²) in [4.78, 5) is 2.35. The minimum absolute atomic E-state index is 1.09. The number of nitrogens with zero attached hydrogens (tertiary/aromatic N) is 2. The first-order chi connectivity index (χ1) is 29.8. The van der Waals surface area contributed by atoms with Crippen molar-refractivity contribution in [3.8, 4) is 55.8 Å². The number of pyridine rings is 1. The fraction of sp³-hybridized carbons (Fsp3) is 0. The number of benzene rings is 9. The molecule has 2 nitrogen and oxygen atoms in total. The predicted molar refractivity (Wildman–Crippen MR) is 254 cm³/mol. The Kier molecular flexibility index (Phi) is 8.87. The molecule has 0 atom stereocenters. The molecule has 282 valence electrons. The smallest absolute Gasteiger partial charge is 0.0625 e. The third-order valence-corrected chi connectivity index (χ3v) is 11.8. The Morgan fingerprint density at radius 1 is 0.300 bits per heavy atom. The normalized spacial score (nSPS) is 11.3. The maximum Gasteiger partial charge on any atom is 0.0625 e. The van der Waals surface area contributed by atoms with Crippen LogP contribution in [0.15, 0.2) is 243 Å². The van der Waals surface area contributed by atoms with E-state index in [9.17, 15) is 0 Å². The highest BCUT2D eigenvalue weighted by molar-refractivity contribution is 6.17. The van der Waals surface area contributed by atoms with Crippen molar-refractivity contribution in [2.45, 2.75) is 0 Å². The van der Waals surface area contributed by atoms with Crippen LogP contribution in [0.25, 0.3) is 83.0 Å². The minimum atomic E-state index is 1.09. The topological polar surface area (TPSA) is 7.65 Å². The number of hydrogen-bond donors (Lipinski definition) is 0. The van der Waals surface area contributed by atoms with E-state index in [1.54, 1.807) is 0 Å². The van der Waals surface area contributed by atoms with E-state index in [0.29, 0.717) is 0 Å². The molecule has 0 aliphatic rings. The van der Waals surface area contributed by atoms with E-state index in [1.807, 2.05) is 0 Å². The van der Waals surface area contributed by atoms with Gasteiger partial charge in [-0.15, -0.1) is 0 Å². The molecule has 2 heteroatoms. The molecule has 0 saturated heterocycles. The van der Waals surface area contributed by atoms with Gasteiger partial charge in [-0.3, -0.25) is 0 Å². The van der Waals surface area contributed by atoms with E-state index in [2.05, 4.69) is 252 Å². The summed E-state index contributed by atoms with van der Waals surface area (Å²) in [6, 6.07) is 87.8. The van der Waals surface area contributed by atoms with Crippen molar-refractivity contribution in [2.24, 2.45) is 0 Å². The average molecular weight is 765 g/mol. The maximum absolute atomic E-state index is 2.49. The van der Waals surface area contributed by atoms with E-state index >= 15 is 0 Å². The van der Waals surface area contributed by atoms with Crippen LogP contribution in [0.4, 0.5) is 17.1 Å². The zero-order valence-electron chi connectivity index (χ0n) is 33.0. The quantitative estimate of drug-likeness (QED) is 0.150. The average Bonchev–Trinajstić information content (AvgIpc) is 3.68. The Labute approximate surface area is 350 Å². The lowest BCUT2D eigenvalue weighted by Gasteiger charge is -2.26. The van der Waals surface area contributed by atoms with Crippen molar-refractivity contribution < 1.29 is 0 Å². The number of anilines is 3. The highest BCUT2D eigenvalue weighted by Gasteiger charge is 2.22. The molecule has 0 spiro atoms. The second-order valence-electron chi connectivity index (χ2n) is 15.3. The molecular weight excluding hydrogens is 725 g/mol. The molecule has 0 amide bonds. The lowest BCUT2D eigenvalue weighted by atomic mass is 9.92. The SMILES string of the molecule is c1ccc(-c2ccc(N(c3ccc(-c4ccccc4)cc3)c3ccc(-c4cc5ccccc5c5c(-c6ccccc6-c6ccccc6)c6ccccc6n45)cc3)cc2)cc1. The summed E-state index contributed by atoms with van der Waals surface area (Å²) >= 11 is 0. The monoisotopic (exact) mass is 764 g/mol. The van der Waals surface area contributed by atoms with Crippen LogP contribution < -0.4 is 4.90 Å². The van der Waals surface area contributed by atoms with Crippen molar-refractivity contribution in [1.29, 1.82) is 0 Å². The van der Waals surface area contributed by atoms with Gasteiger partial charge >= 0.3 is 0 Å². The number of rotatable bonds is 8. The standard InChI is InChI=1S/C58H40N2/c1-4-16-41(17-5-1)43-28-34-48(35-29-43)59(49-36-30-44(31-37-49)42-18-6-2-7-19-42)50-38-32-46(33-39-50)56-40-47-22-10-11-24-52(47)58-57(54-26-14-15-27-55(54)60(56)58)53-25-13-12-23-51(53)45-20-8-3-9-21-45/h1-40H. The van der Waals surface area contributed by atoms with E-state index in [-0.39, 0.29) is 0 Å². The van der Waals surface area contributed by atoms with Crippen LogP contribution in [0.2, 0.25) is 0 Å². The first kappa shape index (κ1) is 35.2. The summed E-state index contributed by atoms with van der Waals surface area (Å²) in [5.41, 5.74) is 17.7. The van der Waals surface area contributed by atoms with Gasteiger partial charge < -0.3 is 9.30 Å². The summed E-state index contributed by atoms with van der Waals surface area (Å²) in [5.74, 6) is 0. The molecular formula is C58H40N2. The molecule has 2 heterocycles. The van der Waals surface area contributed by atoms with Crippen LogP contribution in [0, 0.1) is 0 Å². The summed E-state index contributed by atoms with van der Waals surface area (Å²) in [7, 11) is 0. The third kappa shape index (κ3) is 6.23. The van der Waals surface area contributed by atoms with E-state index in [1.165, 1.54) is 71.7 Å². The Bertz CT molecular complexity index is 3170. The molecule has 0 radical (unpaired) electrons. The van der Waals surface area contributed by atoms with Crippen LogP contribution in [0.3, 0.4) is 0 Å². The molecule has 0 fully saturated rings. The van der Waals surface area contributed by atoms with Gasteiger partial charge in [0.1, 0.15) is 0 Å².